The number of fused-ring (bicyclic) bond motifs is 1. The maximum absolute atomic E-state index is 13.1. The first-order chi connectivity index (χ1) is 14.2. The second-order valence-corrected chi connectivity index (χ2v) is 8.29. The minimum Gasteiger partial charge on any atom is -0.462 e. The zero-order chi connectivity index (χ0) is 22.0. The molecule has 3 rings (SSSR count). The predicted octanol–water partition coefficient (Wildman–Crippen LogP) is 3.78. The van der Waals surface area contributed by atoms with Crippen molar-refractivity contribution in [3.8, 4) is 0 Å². The van der Waals surface area contributed by atoms with Crippen LogP contribution in [0.4, 0.5) is 0 Å². The highest BCUT2D eigenvalue weighted by atomic mass is 35.5. The maximum atomic E-state index is 13.1. The van der Waals surface area contributed by atoms with Gasteiger partial charge in [-0.05, 0) is 51.0 Å². The summed E-state index contributed by atoms with van der Waals surface area (Å²) >= 11 is 7.14. The van der Waals surface area contributed by atoms with Crippen LogP contribution in [0.1, 0.15) is 46.5 Å². The van der Waals surface area contributed by atoms with E-state index < -0.39 is 5.97 Å². The van der Waals surface area contributed by atoms with Gasteiger partial charge in [-0.25, -0.2) is 9.78 Å². The van der Waals surface area contributed by atoms with Crippen molar-refractivity contribution >= 4 is 45.0 Å². The molecule has 0 radical (unpaired) electrons. The van der Waals surface area contributed by atoms with Gasteiger partial charge in [0.2, 0.25) is 5.91 Å². The van der Waals surface area contributed by atoms with Crippen LogP contribution in [0.15, 0.2) is 29.1 Å². The first-order valence-electron chi connectivity index (χ1n) is 9.45. The smallest absolute Gasteiger partial charge is 0.348 e. The Balaban J connectivity index is 1.88. The highest BCUT2D eigenvalue weighted by molar-refractivity contribution is 7.20. The molecule has 1 atom stereocenters. The minimum absolute atomic E-state index is 0.178. The summed E-state index contributed by atoms with van der Waals surface area (Å²) in [5, 5.41) is 3.79. The molecule has 0 aliphatic rings. The SMILES string of the molecule is CCOC(=O)c1sc2nc(C)n(CC(=O)N[C@H](C)c3cccc(Cl)c3)c(=O)c2c1C. The molecule has 30 heavy (non-hydrogen) atoms. The van der Waals surface area contributed by atoms with Crippen LogP contribution in [0.25, 0.3) is 10.2 Å². The van der Waals surface area contributed by atoms with E-state index in [1.807, 2.05) is 19.1 Å². The number of carbonyl (C=O) groups excluding carboxylic acids is 2. The van der Waals surface area contributed by atoms with Gasteiger partial charge in [-0.1, -0.05) is 23.7 Å². The van der Waals surface area contributed by atoms with Crippen LogP contribution in [0.5, 0.6) is 0 Å². The van der Waals surface area contributed by atoms with Gasteiger partial charge in [-0.15, -0.1) is 11.3 Å². The van der Waals surface area contributed by atoms with Gasteiger partial charge >= 0.3 is 5.97 Å². The van der Waals surface area contributed by atoms with E-state index in [-0.39, 0.29) is 30.7 Å². The third kappa shape index (κ3) is 4.39. The number of benzene rings is 1. The molecule has 0 aliphatic heterocycles. The second-order valence-electron chi connectivity index (χ2n) is 6.85. The van der Waals surface area contributed by atoms with E-state index in [2.05, 4.69) is 10.3 Å². The number of hydrogen-bond donors (Lipinski definition) is 1. The molecule has 0 spiro atoms. The van der Waals surface area contributed by atoms with Crippen LogP contribution in [-0.4, -0.2) is 28.0 Å². The van der Waals surface area contributed by atoms with Crippen molar-refractivity contribution < 1.29 is 14.3 Å². The van der Waals surface area contributed by atoms with Gasteiger partial charge in [-0.2, -0.15) is 0 Å². The molecular weight excluding hydrogens is 426 g/mol. The average Bonchev–Trinajstić information content (AvgIpc) is 3.01. The highest BCUT2D eigenvalue weighted by Gasteiger charge is 2.22. The largest absolute Gasteiger partial charge is 0.462 e. The van der Waals surface area contributed by atoms with Crippen LogP contribution >= 0.6 is 22.9 Å². The Morgan fingerprint density at radius 3 is 2.73 bits per heavy atom. The normalized spacial score (nSPS) is 12.0. The number of halogens is 1. The fourth-order valence-corrected chi connectivity index (χ4v) is 4.50. The van der Waals surface area contributed by atoms with Gasteiger partial charge in [0, 0.05) is 5.02 Å². The molecule has 1 amide bonds. The molecule has 9 heteroatoms. The zero-order valence-corrected chi connectivity index (χ0v) is 18.7. The first kappa shape index (κ1) is 22.0. The van der Waals surface area contributed by atoms with E-state index in [1.165, 1.54) is 4.57 Å². The van der Waals surface area contributed by atoms with Gasteiger partial charge in [0.15, 0.2) is 0 Å². The van der Waals surface area contributed by atoms with Gasteiger partial charge < -0.3 is 10.1 Å². The summed E-state index contributed by atoms with van der Waals surface area (Å²) in [6.07, 6.45) is 0. The van der Waals surface area contributed by atoms with E-state index in [0.29, 0.717) is 31.5 Å². The molecule has 7 nitrogen and oxygen atoms in total. The molecule has 2 aromatic heterocycles. The van der Waals surface area contributed by atoms with Crippen molar-refractivity contribution in [1.29, 1.82) is 0 Å². The number of rotatable bonds is 6. The lowest BCUT2D eigenvalue weighted by molar-refractivity contribution is -0.122. The van der Waals surface area contributed by atoms with Crippen molar-refractivity contribution in [2.24, 2.45) is 0 Å². The Kier molecular flexibility index (Phi) is 6.58. The van der Waals surface area contributed by atoms with Crippen LogP contribution in [0.2, 0.25) is 5.02 Å². The number of nitrogens with one attached hydrogen (secondary N) is 1. The third-order valence-corrected chi connectivity index (χ3v) is 6.13. The van der Waals surface area contributed by atoms with Crippen LogP contribution in [0, 0.1) is 13.8 Å². The first-order valence-corrected chi connectivity index (χ1v) is 10.6. The van der Waals surface area contributed by atoms with Crippen molar-refractivity contribution in [3.05, 3.63) is 61.5 Å². The van der Waals surface area contributed by atoms with Crippen molar-refractivity contribution in [3.63, 3.8) is 0 Å². The average molecular weight is 448 g/mol. The number of hydrogen-bond acceptors (Lipinski definition) is 6. The van der Waals surface area contributed by atoms with E-state index in [9.17, 15) is 14.4 Å². The summed E-state index contributed by atoms with van der Waals surface area (Å²) in [5.41, 5.74) is 1.03. The Hall–Kier alpha value is -2.71. The molecule has 1 N–H and O–H groups in total. The number of ether oxygens (including phenoxy) is 1. The van der Waals surface area contributed by atoms with Gasteiger partial charge in [-0.3, -0.25) is 14.2 Å². The Morgan fingerprint density at radius 1 is 1.33 bits per heavy atom. The summed E-state index contributed by atoms with van der Waals surface area (Å²) in [6, 6.07) is 6.95. The number of aromatic nitrogens is 2. The second kappa shape index (κ2) is 8.97. The molecule has 0 saturated heterocycles. The van der Waals surface area contributed by atoms with Crippen molar-refractivity contribution in [2.45, 2.75) is 40.3 Å². The Labute approximate surface area is 182 Å². The molecule has 0 saturated carbocycles. The maximum Gasteiger partial charge on any atom is 0.348 e. The lowest BCUT2D eigenvalue weighted by atomic mass is 10.1. The topological polar surface area (TPSA) is 90.3 Å². The monoisotopic (exact) mass is 447 g/mol. The molecule has 158 valence electrons. The number of aryl methyl sites for hydroxylation is 2. The zero-order valence-electron chi connectivity index (χ0n) is 17.1. The number of carbonyl (C=O) groups is 2. The summed E-state index contributed by atoms with van der Waals surface area (Å²) < 4.78 is 6.38. The molecule has 1 aromatic carbocycles. The van der Waals surface area contributed by atoms with E-state index in [0.717, 1.165) is 16.9 Å². The number of nitrogens with zero attached hydrogens (tertiary/aromatic N) is 2. The lowest BCUT2D eigenvalue weighted by Gasteiger charge is -2.16. The molecule has 3 aromatic rings. The fourth-order valence-electron chi connectivity index (χ4n) is 3.19. The minimum atomic E-state index is -0.477. The van der Waals surface area contributed by atoms with Gasteiger partial charge in [0.25, 0.3) is 5.56 Å². The van der Waals surface area contributed by atoms with Gasteiger partial charge in [0.05, 0.1) is 18.0 Å². The standard InChI is InChI=1S/C21H22ClN3O4S/c1-5-29-21(28)18-11(2)17-19(30-18)24-13(4)25(20(17)27)10-16(26)23-12(3)14-7-6-8-15(22)9-14/h6-9,12H,5,10H2,1-4H3,(H,23,26)/t12-/m1/s1. The highest BCUT2D eigenvalue weighted by Crippen LogP contribution is 2.28. The molecule has 0 aliphatic carbocycles. The third-order valence-electron chi connectivity index (χ3n) is 4.73. The van der Waals surface area contributed by atoms with E-state index >= 15 is 0 Å². The van der Waals surface area contributed by atoms with E-state index in [1.54, 1.807) is 32.9 Å². The summed E-state index contributed by atoms with van der Waals surface area (Å²) in [6.45, 7) is 6.98. The van der Waals surface area contributed by atoms with Crippen LogP contribution < -0.4 is 10.9 Å². The molecule has 0 fully saturated rings. The van der Waals surface area contributed by atoms with E-state index in [4.69, 9.17) is 16.3 Å². The molecular formula is C21H22ClN3O4S. The summed E-state index contributed by atoms with van der Waals surface area (Å²) in [5.74, 6) is -0.406. The number of esters is 1. The lowest BCUT2D eigenvalue weighted by Crippen LogP contribution is -2.35. The van der Waals surface area contributed by atoms with Gasteiger partial charge in [0.1, 0.15) is 22.1 Å². The molecule has 0 bridgehead atoms. The number of amides is 1. The van der Waals surface area contributed by atoms with Crippen molar-refractivity contribution in [2.75, 3.05) is 6.61 Å². The quantitative estimate of drug-likeness (QED) is 0.580. The molecule has 0 unspecified atom stereocenters. The predicted molar refractivity (Wildman–Crippen MR) is 117 cm³/mol. The van der Waals surface area contributed by atoms with Crippen molar-refractivity contribution in [1.82, 2.24) is 14.9 Å². The van der Waals surface area contributed by atoms with Crippen LogP contribution in [-0.2, 0) is 16.1 Å². The summed E-state index contributed by atoms with van der Waals surface area (Å²) in [4.78, 5) is 43.1. The Bertz CT molecular complexity index is 1180. The Morgan fingerprint density at radius 2 is 2.07 bits per heavy atom. The molecule has 2 heterocycles. The van der Waals surface area contributed by atoms with Crippen LogP contribution in [0.3, 0.4) is 0 Å². The number of thiophene rings is 1. The summed E-state index contributed by atoms with van der Waals surface area (Å²) in [7, 11) is 0. The fraction of sp³-hybridized carbons (Fsp3) is 0.333.